The van der Waals surface area contributed by atoms with E-state index in [4.69, 9.17) is 28.9 Å². The predicted molar refractivity (Wildman–Crippen MR) is 34.3 cm³/mol. The van der Waals surface area contributed by atoms with Gasteiger partial charge in [-0.15, -0.1) is 10.2 Å². The quantitative estimate of drug-likeness (QED) is 0.616. The van der Waals surface area contributed by atoms with Gasteiger partial charge in [0.05, 0.1) is 0 Å². The van der Waals surface area contributed by atoms with Gasteiger partial charge in [0.1, 0.15) is 0 Å². The smallest absolute Gasteiger partial charge is 0.244 e. The highest BCUT2D eigenvalue weighted by molar-refractivity contribution is 6.33. The van der Waals surface area contributed by atoms with Gasteiger partial charge in [-0.05, 0) is 11.6 Å². The fraction of sp³-hybridized carbons (Fsp3) is 0. The van der Waals surface area contributed by atoms with Crippen molar-refractivity contribution in [2.24, 2.45) is 0 Å². The molecule has 0 aromatic carbocycles. The van der Waals surface area contributed by atoms with Crippen molar-refractivity contribution in [3.63, 3.8) is 0 Å². The molecule has 1 aromatic rings. The minimum absolute atomic E-state index is 0.00537. The van der Waals surface area contributed by atoms with Crippen LogP contribution in [0.5, 0.6) is 0 Å². The van der Waals surface area contributed by atoms with Crippen molar-refractivity contribution < 1.29 is 0 Å². The fourth-order valence-corrected chi connectivity index (χ4v) is 0.580. The maximum absolute atomic E-state index is 5.39. The standard InChI is InChI=1S/C3H2Cl2N4/c4-1-2(6)8-9-3(5)7-1/h(H2,6,8). The first-order valence-corrected chi connectivity index (χ1v) is 2.77. The summed E-state index contributed by atoms with van der Waals surface area (Å²) in [4.78, 5) is 3.51. The zero-order valence-corrected chi connectivity index (χ0v) is 5.69. The Morgan fingerprint density at radius 3 is 2.33 bits per heavy atom. The molecule has 0 aliphatic carbocycles. The summed E-state index contributed by atoms with van der Waals surface area (Å²) in [5, 5.41) is 6.79. The van der Waals surface area contributed by atoms with E-state index in [2.05, 4.69) is 15.2 Å². The normalized spacial score (nSPS) is 9.56. The summed E-state index contributed by atoms with van der Waals surface area (Å²) >= 11 is 10.7. The van der Waals surface area contributed by atoms with Gasteiger partial charge in [-0.25, -0.2) is 4.98 Å². The Kier molecular flexibility index (Phi) is 1.68. The number of hydrogen-bond donors (Lipinski definition) is 1. The molecule has 1 aromatic heterocycles. The van der Waals surface area contributed by atoms with Gasteiger partial charge in [-0.2, -0.15) is 0 Å². The third-order valence-electron chi connectivity index (χ3n) is 0.642. The van der Waals surface area contributed by atoms with Crippen LogP contribution in [-0.2, 0) is 0 Å². The molecule has 0 fully saturated rings. The van der Waals surface area contributed by atoms with Crippen LogP contribution in [0, 0.1) is 0 Å². The minimum Gasteiger partial charge on any atom is -0.380 e. The molecule has 6 heteroatoms. The van der Waals surface area contributed by atoms with Gasteiger partial charge in [0.25, 0.3) is 0 Å². The molecule has 0 spiro atoms. The molecular formula is C3H2Cl2N4. The van der Waals surface area contributed by atoms with Gasteiger partial charge < -0.3 is 5.73 Å². The highest BCUT2D eigenvalue weighted by atomic mass is 35.5. The maximum Gasteiger partial charge on any atom is 0.244 e. The van der Waals surface area contributed by atoms with Gasteiger partial charge in [-0.3, -0.25) is 0 Å². The van der Waals surface area contributed by atoms with Crippen molar-refractivity contribution in [3.05, 3.63) is 10.4 Å². The largest absolute Gasteiger partial charge is 0.380 e. The van der Waals surface area contributed by atoms with Crippen molar-refractivity contribution in [2.75, 3.05) is 5.73 Å². The summed E-state index contributed by atoms with van der Waals surface area (Å²) in [5.41, 5.74) is 5.16. The van der Waals surface area contributed by atoms with Gasteiger partial charge >= 0.3 is 0 Å². The molecule has 0 amide bonds. The summed E-state index contributed by atoms with van der Waals surface area (Å²) in [6.45, 7) is 0. The summed E-state index contributed by atoms with van der Waals surface area (Å²) in [6.07, 6.45) is 0. The molecule has 0 aliphatic rings. The summed E-state index contributed by atoms with van der Waals surface area (Å²) in [5.74, 6) is 0.0843. The lowest BCUT2D eigenvalue weighted by atomic mass is 10.8. The Morgan fingerprint density at radius 2 is 1.89 bits per heavy atom. The van der Waals surface area contributed by atoms with Crippen LogP contribution in [0.25, 0.3) is 0 Å². The minimum atomic E-state index is -0.00537. The fourth-order valence-electron chi connectivity index (χ4n) is 0.297. The number of anilines is 1. The average Bonchev–Trinajstić information content (AvgIpc) is 1.80. The van der Waals surface area contributed by atoms with Crippen molar-refractivity contribution in [1.29, 1.82) is 0 Å². The number of rotatable bonds is 0. The Morgan fingerprint density at radius 1 is 1.22 bits per heavy atom. The van der Waals surface area contributed by atoms with Crippen molar-refractivity contribution in [3.8, 4) is 0 Å². The first-order chi connectivity index (χ1) is 4.20. The van der Waals surface area contributed by atoms with Crippen molar-refractivity contribution >= 4 is 29.0 Å². The van der Waals surface area contributed by atoms with Crippen molar-refractivity contribution in [1.82, 2.24) is 15.2 Å². The Bertz CT molecular complexity index is 225. The lowest BCUT2D eigenvalue weighted by Crippen LogP contribution is -1.96. The SMILES string of the molecule is Nc1nnc(Cl)nc1Cl. The molecular weight excluding hydrogens is 163 g/mol. The number of nitrogens with zero attached hydrogens (tertiary/aromatic N) is 3. The molecule has 0 unspecified atom stereocenters. The van der Waals surface area contributed by atoms with E-state index < -0.39 is 0 Å². The van der Waals surface area contributed by atoms with Crippen LogP contribution >= 0.6 is 23.2 Å². The average molecular weight is 165 g/mol. The second-order valence-electron chi connectivity index (χ2n) is 1.26. The van der Waals surface area contributed by atoms with E-state index in [0.717, 1.165) is 0 Å². The van der Waals surface area contributed by atoms with Crippen LogP contribution in [0.4, 0.5) is 5.82 Å². The van der Waals surface area contributed by atoms with Crippen LogP contribution in [0.3, 0.4) is 0 Å². The third-order valence-corrected chi connectivity index (χ3v) is 1.08. The lowest BCUT2D eigenvalue weighted by Gasteiger charge is -1.91. The Balaban J connectivity index is 3.17. The first-order valence-electron chi connectivity index (χ1n) is 2.01. The highest BCUT2D eigenvalue weighted by Gasteiger charge is 1.98. The van der Waals surface area contributed by atoms with Crippen LogP contribution < -0.4 is 5.73 Å². The van der Waals surface area contributed by atoms with Gasteiger partial charge in [0, 0.05) is 0 Å². The number of halogens is 2. The van der Waals surface area contributed by atoms with Gasteiger partial charge in [0.15, 0.2) is 11.0 Å². The van der Waals surface area contributed by atoms with E-state index in [9.17, 15) is 0 Å². The second kappa shape index (κ2) is 2.33. The molecule has 1 heterocycles. The molecule has 0 saturated carbocycles. The maximum atomic E-state index is 5.39. The Labute approximate surface area is 61.0 Å². The molecule has 0 bridgehead atoms. The zero-order valence-electron chi connectivity index (χ0n) is 4.17. The van der Waals surface area contributed by atoms with Crippen LogP contribution in [0.1, 0.15) is 0 Å². The molecule has 0 atom stereocenters. The van der Waals surface area contributed by atoms with Gasteiger partial charge in [0.2, 0.25) is 5.28 Å². The van der Waals surface area contributed by atoms with E-state index in [0.29, 0.717) is 0 Å². The first kappa shape index (κ1) is 6.51. The monoisotopic (exact) mass is 164 g/mol. The van der Waals surface area contributed by atoms with E-state index in [-0.39, 0.29) is 16.3 Å². The highest BCUT2D eigenvalue weighted by Crippen LogP contribution is 2.11. The molecule has 4 nitrogen and oxygen atoms in total. The van der Waals surface area contributed by atoms with Crippen LogP contribution in [0.2, 0.25) is 10.4 Å². The lowest BCUT2D eigenvalue weighted by molar-refractivity contribution is 0.982. The molecule has 0 aliphatic heterocycles. The number of nitrogens with two attached hydrogens (primary N) is 1. The molecule has 0 saturated heterocycles. The number of aromatic nitrogens is 3. The predicted octanol–water partition coefficient (Wildman–Crippen LogP) is 0.761. The Hall–Kier alpha value is -0.610. The van der Waals surface area contributed by atoms with E-state index in [1.54, 1.807) is 0 Å². The van der Waals surface area contributed by atoms with Crippen molar-refractivity contribution in [2.45, 2.75) is 0 Å². The van der Waals surface area contributed by atoms with E-state index in [1.165, 1.54) is 0 Å². The second-order valence-corrected chi connectivity index (χ2v) is 1.95. The van der Waals surface area contributed by atoms with Crippen LogP contribution in [0.15, 0.2) is 0 Å². The number of hydrogen-bond acceptors (Lipinski definition) is 4. The molecule has 1 rings (SSSR count). The number of nitrogen functional groups attached to an aromatic ring is 1. The molecule has 9 heavy (non-hydrogen) atoms. The van der Waals surface area contributed by atoms with E-state index >= 15 is 0 Å². The summed E-state index contributed by atoms with van der Waals surface area (Å²) in [7, 11) is 0. The van der Waals surface area contributed by atoms with E-state index in [1.807, 2.05) is 0 Å². The summed E-state index contributed by atoms with van der Waals surface area (Å²) in [6, 6.07) is 0. The zero-order chi connectivity index (χ0) is 6.85. The topological polar surface area (TPSA) is 64.7 Å². The molecule has 48 valence electrons. The third kappa shape index (κ3) is 1.40. The molecule has 2 N–H and O–H groups in total. The van der Waals surface area contributed by atoms with Crippen LogP contribution in [-0.4, -0.2) is 15.2 Å². The summed E-state index contributed by atoms with van der Waals surface area (Å²) < 4.78 is 0. The van der Waals surface area contributed by atoms with Gasteiger partial charge in [-0.1, -0.05) is 11.6 Å². The molecule has 0 radical (unpaired) electrons.